The lowest BCUT2D eigenvalue weighted by atomic mass is 9.48. The zero-order valence-electron chi connectivity index (χ0n) is 89.9. The predicted octanol–water partition coefficient (Wildman–Crippen LogP) is 23.5. The van der Waals surface area contributed by atoms with E-state index in [1.165, 1.54) is 52.2 Å². The molecule has 7 saturated carbocycles. The van der Waals surface area contributed by atoms with Crippen molar-refractivity contribution in [3.05, 3.63) is 263 Å². The van der Waals surface area contributed by atoms with E-state index in [1.54, 1.807) is 6.20 Å². The van der Waals surface area contributed by atoms with Crippen molar-refractivity contribution in [1.82, 2.24) is 48.9 Å². The number of rotatable bonds is 5. The van der Waals surface area contributed by atoms with Gasteiger partial charge in [0, 0.05) is 133 Å². The highest BCUT2D eigenvalue weighted by Crippen LogP contribution is 2.69. The lowest BCUT2D eigenvalue weighted by molar-refractivity contribution is -0.281. The number of aliphatic hydroxyl groups excluding tert-OH is 2. The van der Waals surface area contributed by atoms with Crippen LogP contribution < -0.4 is 0 Å². The number of benzene rings is 5. The lowest BCUT2D eigenvalue weighted by Gasteiger charge is -2.59. The number of allylic oxidation sites excluding steroid dienone is 2. The summed E-state index contributed by atoms with van der Waals surface area (Å²) in [4.78, 5) is 51.5. The molecule has 12 atom stereocenters. The first-order valence-electron chi connectivity index (χ1n) is 54.7. The van der Waals surface area contributed by atoms with E-state index in [9.17, 15) is 29.4 Å². The van der Waals surface area contributed by atoms with Crippen molar-refractivity contribution in [3.8, 4) is 28.4 Å². The molecule has 24 nitrogen and oxygen atoms in total. The molecule has 780 valence electrons. The van der Waals surface area contributed by atoms with Gasteiger partial charge in [-0.15, -0.1) is 0 Å². The molecule has 4 aliphatic heterocycles. The zero-order chi connectivity index (χ0) is 104. The Balaban J connectivity index is 0.000000104. The summed E-state index contributed by atoms with van der Waals surface area (Å²) in [7, 11) is 0. The molecule has 5 aromatic heterocycles. The van der Waals surface area contributed by atoms with E-state index in [1.807, 2.05) is 114 Å². The smallest absolute Gasteiger partial charge is 0.173 e. The van der Waals surface area contributed by atoms with Crippen molar-refractivity contribution in [2.75, 3.05) is 52.9 Å². The molecule has 5 aromatic carbocycles. The van der Waals surface area contributed by atoms with Crippen LogP contribution in [0.2, 0.25) is 0 Å². The van der Waals surface area contributed by atoms with Crippen LogP contribution in [0.4, 0.5) is 0 Å². The molecular weight excluding hydrogens is 1840 g/mol. The molecule has 0 bridgehead atoms. The molecule has 9 heterocycles. The van der Waals surface area contributed by atoms with Crippen LogP contribution >= 0.6 is 0 Å². The van der Waals surface area contributed by atoms with Gasteiger partial charge >= 0.3 is 0 Å². The first-order chi connectivity index (χ1) is 70.0. The Morgan fingerprint density at radius 3 is 0.946 bits per heavy atom. The first-order valence-corrected chi connectivity index (χ1v) is 54.7. The van der Waals surface area contributed by atoms with Crippen molar-refractivity contribution < 1.29 is 67.3 Å². The second kappa shape index (κ2) is 37.3. The number of para-hydroxylation sites is 5. The Kier molecular flexibility index (Phi) is 26.0. The van der Waals surface area contributed by atoms with Crippen LogP contribution in [0.1, 0.15) is 295 Å². The summed E-state index contributed by atoms with van der Waals surface area (Å²) in [6, 6.07) is 51.3. The minimum Gasteiger partial charge on any atom is -0.515 e. The Labute approximate surface area is 867 Å². The standard InChI is InChI=1S/C22H26N2O3.2C22H28N2O2.C21H24N2O2.C20H24N2O.C16H24O4/c1-20(2)18-13-17-16(14-23-24(17)15-7-5-4-6-8-15)19(25)21(18,3)9-10-22(20)26-11-12-27-22;2*1-20(2)18-10-9-16-15-24(17-7-5-4-6-8-17)23-19(16)21(18,3)11-12-22(20)25-13-14-26-22;1-20(2)17-10-9-14-12-23(16-7-5-4-6-8-16)22-18(14)21(17,3)11-15(13-24)19(20)25;1-19(2)16-10-9-14-13-22(15-7-5-4-6-8-15)21-18(14)20(16,3)12-11-17(19)23;1-14(2)12-5-4-11(10-17)13(18)15(12,3)6-7-16(14)19-8-9-20-16/h4-8,14,18H,9-13H2,1-3H3;2*4-8,15,18H,9-14H2,1-3H3;4-8,12-13,17,24H,9-11H2,1-3H3;4-8,13,16H,9-12H2,1-3H3;10,12,17H,4-9H2,1-3H3/b;;;15-13-;;11-10+/t3*18-,21-;17-,21-;16-,20-;12-,15-/m000000/s1. The van der Waals surface area contributed by atoms with E-state index in [0.29, 0.717) is 80.4 Å². The van der Waals surface area contributed by atoms with E-state index in [-0.39, 0.29) is 83.8 Å². The lowest BCUT2D eigenvalue weighted by Crippen LogP contribution is -2.62. The molecule has 11 fully saturated rings. The SMILES string of the molecule is CC1(C)C(=O)/C(=C\O)C[C@]2(C)c3nn(-c4ccccc4)cc3CC[C@@H]12.CC1(C)C(=O)CC[C@]2(C)c3nn(-c4ccccc4)cc3CC[C@@H]12.CC1(C)[C@@H]2CC/C(=C\O)C(=O)[C@@]2(C)CCC12OCCO2.CC1(C)[C@@H]2CCc3cn(-c4ccccc4)nc3[C@@]2(C)CCC12OCCO2.CC1(C)[C@@H]2CCc3cn(-c4ccccc4)nc3[C@@]2(C)CCC12OCCO2.CC1(C)[C@@H]2Cc3c(cnn3-c3ccccc3)C(=O)[C@@]2(C)CCC12OCCO2. The minimum absolute atomic E-state index is 0.0189. The average Bonchev–Trinajstić information content (AvgIpc) is 1.49. The zero-order valence-corrected chi connectivity index (χ0v) is 89.9. The predicted molar refractivity (Wildman–Crippen MR) is 563 cm³/mol. The maximum atomic E-state index is 13.6. The van der Waals surface area contributed by atoms with Gasteiger partial charge in [-0.3, -0.25) is 19.2 Å². The molecule has 26 rings (SSSR count). The highest BCUT2D eigenvalue weighted by molar-refractivity contribution is 6.03. The summed E-state index contributed by atoms with van der Waals surface area (Å²) in [5, 5.41) is 43.6. The molecule has 24 heteroatoms. The number of aliphatic hydroxyl groups is 2. The fraction of sp³-hybridized carbons (Fsp3) is 0.569. The van der Waals surface area contributed by atoms with E-state index in [0.717, 1.165) is 193 Å². The molecule has 10 aromatic rings. The molecule has 4 saturated heterocycles. The van der Waals surface area contributed by atoms with Crippen molar-refractivity contribution in [2.24, 2.45) is 78.8 Å². The van der Waals surface area contributed by atoms with Gasteiger partial charge in [-0.2, -0.15) is 25.5 Å². The normalized spacial score (nSPS) is 32.0. The van der Waals surface area contributed by atoms with Crippen molar-refractivity contribution >= 4 is 23.1 Å². The quantitative estimate of drug-likeness (QED) is 0.120. The molecule has 4 spiro atoms. The first kappa shape index (κ1) is 102. The van der Waals surface area contributed by atoms with Crippen LogP contribution in [0.25, 0.3) is 28.4 Å². The van der Waals surface area contributed by atoms with E-state index < -0.39 is 39.4 Å². The molecule has 0 unspecified atom stereocenters. The summed E-state index contributed by atoms with van der Waals surface area (Å²) < 4.78 is 59.1. The Morgan fingerprint density at radius 2 is 0.592 bits per heavy atom. The molecule has 147 heavy (non-hydrogen) atoms. The highest BCUT2D eigenvalue weighted by Gasteiger charge is 2.70. The third-order valence-electron chi connectivity index (χ3n) is 40.8. The number of ketones is 4. The number of aryl methyl sites for hydroxylation is 4. The van der Waals surface area contributed by atoms with Crippen LogP contribution in [0.15, 0.2) is 206 Å². The summed E-state index contributed by atoms with van der Waals surface area (Å²) in [6.45, 7) is 45.4. The Bertz CT molecular complexity index is 6510. The molecular formula is C123H154N10O14. The van der Waals surface area contributed by atoms with Gasteiger partial charge in [-0.25, -0.2) is 23.4 Å². The number of carbonyl (C=O) groups is 4. The number of fused-ring (bicyclic) bond motifs is 15. The second-order valence-electron chi connectivity index (χ2n) is 50.1. The largest absolute Gasteiger partial charge is 0.515 e. The van der Waals surface area contributed by atoms with Gasteiger partial charge in [0.1, 0.15) is 5.78 Å². The molecule has 0 radical (unpaired) electrons. The van der Waals surface area contributed by atoms with Gasteiger partial charge in [0.05, 0.1) is 134 Å². The van der Waals surface area contributed by atoms with Gasteiger partial charge in [-0.05, 0) is 228 Å². The number of hydrogen-bond acceptors (Lipinski definition) is 19. The average molecular weight is 2000 g/mol. The highest BCUT2D eigenvalue weighted by atomic mass is 16.8. The van der Waals surface area contributed by atoms with Crippen LogP contribution in [0.5, 0.6) is 0 Å². The molecule has 2 N–H and O–H groups in total. The molecule has 0 amide bonds. The molecule has 12 aliphatic carbocycles. The third-order valence-corrected chi connectivity index (χ3v) is 40.8. The van der Waals surface area contributed by atoms with Crippen LogP contribution in [0.3, 0.4) is 0 Å². The number of aromatic nitrogens is 10. The summed E-state index contributed by atoms with van der Waals surface area (Å²) in [5.74, 6) is 0.891. The summed E-state index contributed by atoms with van der Waals surface area (Å²) in [5.41, 5.74) is 16.5. The van der Waals surface area contributed by atoms with Crippen molar-refractivity contribution in [2.45, 2.75) is 311 Å². The number of Topliss-reactive ketones (excluding diaryl/α,β-unsaturated/α-hetero) is 4. The number of nitrogens with zero attached hydrogens (tertiary/aromatic N) is 10. The van der Waals surface area contributed by atoms with E-state index in [2.05, 4.69) is 216 Å². The summed E-state index contributed by atoms with van der Waals surface area (Å²) >= 11 is 0. The topological polar surface area (TPSA) is 272 Å². The van der Waals surface area contributed by atoms with Crippen molar-refractivity contribution in [3.63, 3.8) is 0 Å². The number of ether oxygens (including phenoxy) is 8. The van der Waals surface area contributed by atoms with Gasteiger partial charge < -0.3 is 48.1 Å². The van der Waals surface area contributed by atoms with Crippen LogP contribution in [-0.4, -0.2) is 158 Å². The van der Waals surface area contributed by atoms with Gasteiger partial charge in [-0.1, -0.05) is 216 Å². The third kappa shape index (κ3) is 16.2. The Morgan fingerprint density at radius 1 is 0.299 bits per heavy atom. The Hall–Kier alpha value is -10.4. The number of carbonyl (C=O) groups excluding carboxylic acids is 4. The second-order valence-corrected chi connectivity index (χ2v) is 50.1. The maximum Gasteiger partial charge on any atom is 0.173 e. The van der Waals surface area contributed by atoms with Crippen molar-refractivity contribution in [1.29, 1.82) is 0 Å². The monoisotopic (exact) mass is 2000 g/mol. The summed E-state index contributed by atoms with van der Waals surface area (Å²) in [6.07, 6.45) is 32.7. The van der Waals surface area contributed by atoms with Crippen LogP contribution in [0, 0.1) is 78.8 Å². The van der Waals surface area contributed by atoms with E-state index >= 15 is 0 Å². The van der Waals surface area contributed by atoms with Gasteiger partial charge in [0.15, 0.2) is 40.5 Å². The van der Waals surface area contributed by atoms with Crippen LogP contribution in [-0.2, 0) is 106 Å². The van der Waals surface area contributed by atoms with Gasteiger partial charge in [0.2, 0.25) is 0 Å². The minimum atomic E-state index is -0.577. The number of hydrogen-bond donors (Lipinski definition) is 2. The van der Waals surface area contributed by atoms with Gasteiger partial charge in [0.25, 0.3) is 0 Å². The van der Waals surface area contributed by atoms with E-state index in [4.69, 9.17) is 58.3 Å². The maximum absolute atomic E-state index is 13.6. The molecule has 16 aliphatic rings. The fourth-order valence-corrected chi connectivity index (χ4v) is 32.6. The fourth-order valence-electron chi connectivity index (χ4n) is 32.6.